The number of benzene rings is 1. The Morgan fingerprint density at radius 3 is 2.56 bits per heavy atom. The predicted octanol–water partition coefficient (Wildman–Crippen LogP) is 3.02. The number of rotatable bonds is 4. The van der Waals surface area contributed by atoms with E-state index in [2.05, 4.69) is 10.3 Å². The summed E-state index contributed by atoms with van der Waals surface area (Å²) in [5, 5.41) is 12.9. The minimum atomic E-state index is -0.562. The maximum atomic E-state index is 12.9. The lowest BCUT2D eigenvalue weighted by molar-refractivity contribution is 0.276. The van der Waals surface area contributed by atoms with Gasteiger partial charge in [-0.1, -0.05) is 29.8 Å². The SMILES string of the molecule is OCC(Nc1cccc(F)n1)c1ccc(Cl)cc1. The van der Waals surface area contributed by atoms with Gasteiger partial charge in [0.1, 0.15) is 5.82 Å². The van der Waals surface area contributed by atoms with Crippen molar-refractivity contribution in [3.05, 3.63) is 59.0 Å². The lowest BCUT2D eigenvalue weighted by Crippen LogP contribution is -2.15. The summed E-state index contributed by atoms with van der Waals surface area (Å²) in [4.78, 5) is 3.69. The fourth-order valence-corrected chi connectivity index (χ4v) is 1.72. The molecule has 1 unspecified atom stereocenters. The van der Waals surface area contributed by atoms with Crippen LogP contribution in [-0.2, 0) is 0 Å². The molecule has 1 aromatic carbocycles. The zero-order valence-electron chi connectivity index (χ0n) is 9.48. The number of aliphatic hydroxyl groups excluding tert-OH is 1. The number of anilines is 1. The quantitative estimate of drug-likeness (QED) is 0.836. The summed E-state index contributed by atoms with van der Waals surface area (Å²) in [5.74, 6) is -0.184. The van der Waals surface area contributed by atoms with E-state index in [4.69, 9.17) is 11.6 Å². The van der Waals surface area contributed by atoms with Gasteiger partial charge in [-0.05, 0) is 29.8 Å². The molecule has 0 aliphatic rings. The predicted molar refractivity (Wildman–Crippen MR) is 69.1 cm³/mol. The van der Waals surface area contributed by atoms with Crippen molar-refractivity contribution < 1.29 is 9.50 Å². The van der Waals surface area contributed by atoms with E-state index in [0.29, 0.717) is 10.8 Å². The highest BCUT2D eigenvalue weighted by molar-refractivity contribution is 6.30. The fourth-order valence-electron chi connectivity index (χ4n) is 1.60. The molecule has 0 fully saturated rings. The van der Waals surface area contributed by atoms with Gasteiger partial charge in [0.15, 0.2) is 0 Å². The minimum Gasteiger partial charge on any atom is -0.394 e. The first-order valence-corrected chi connectivity index (χ1v) is 5.82. The number of hydrogen-bond acceptors (Lipinski definition) is 3. The van der Waals surface area contributed by atoms with E-state index in [1.165, 1.54) is 6.07 Å². The summed E-state index contributed by atoms with van der Waals surface area (Å²) in [6, 6.07) is 11.2. The highest BCUT2D eigenvalue weighted by atomic mass is 35.5. The van der Waals surface area contributed by atoms with Crippen LogP contribution in [0.2, 0.25) is 5.02 Å². The van der Waals surface area contributed by atoms with Crippen molar-refractivity contribution in [3.63, 3.8) is 0 Å². The van der Waals surface area contributed by atoms with E-state index in [-0.39, 0.29) is 12.6 Å². The van der Waals surface area contributed by atoms with Gasteiger partial charge in [-0.3, -0.25) is 0 Å². The van der Waals surface area contributed by atoms with Crippen LogP contribution < -0.4 is 5.32 Å². The van der Waals surface area contributed by atoms with Crippen molar-refractivity contribution in [2.24, 2.45) is 0 Å². The molecule has 0 bridgehead atoms. The molecule has 1 heterocycles. The zero-order chi connectivity index (χ0) is 13.0. The van der Waals surface area contributed by atoms with Crippen LogP contribution in [0.15, 0.2) is 42.5 Å². The van der Waals surface area contributed by atoms with Crippen LogP contribution in [-0.4, -0.2) is 16.7 Å². The molecule has 0 saturated carbocycles. The number of hydrogen-bond donors (Lipinski definition) is 2. The van der Waals surface area contributed by atoms with Crippen molar-refractivity contribution in [2.45, 2.75) is 6.04 Å². The summed E-state index contributed by atoms with van der Waals surface area (Å²) in [7, 11) is 0. The number of aliphatic hydroxyl groups is 1. The minimum absolute atomic E-state index is 0.125. The lowest BCUT2D eigenvalue weighted by atomic mass is 10.1. The van der Waals surface area contributed by atoms with Gasteiger partial charge >= 0.3 is 0 Å². The van der Waals surface area contributed by atoms with E-state index in [1.54, 1.807) is 36.4 Å². The molecule has 5 heteroatoms. The Bertz CT molecular complexity index is 519. The van der Waals surface area contributed by atoms with Crippen LogP contribution in [0.5, 0.6) is 0 Å². The van der Waals surface area contributed by atoms with E-state index in [9.17, 15) is 9.50 Å². The lowest BCUT2D eigenvalue weighted by Gasteiger charge is -2.17. The molecule has 0 radical (unpaired) electrons. The van der Waals surface area contributed by atoms with Crippen LogP contribution >= 0.6 is 11.6 Å². The Morgan fingerprint density at radius 1 is 1.22 bits per heavy atom. The molecule has 1 aromatic heterocycles. The smallest absolute Gasteiger partial charge is 0.214 e. The number of nitrogens with zero attached hydrogens (tertiary/aromatic N) is 1. The van der Waals surface area contributed by atoms with E-state index < -0.39 is 5.95 Å². The highest BCUT2D eigenvalue weighted by Gasteiger charge is 2.10. The van der Waals surface area contributed by atoms with Crippen molar-refractivity contribution in [3.8, 4) is 0 Å². The van der Waals surface area contributed by atoms with Crippen LogP contribution in [0.4, 0.5) is 10.2 Å². The molecule has 1 atom stereocenters. The monoisotopic (exact) mass is 266 g/mol. The van der Waals surface area contributed by atoms with Gasteiger partial charge in [0.2, 0.25) is 5.95 Å². The number of aromatic nitrogens is 1. The molecule has 0 spiro atoms. The van der Waals surface area contributed by atoms with Crippen molar-refractivity contribution in [1.29, 1.82) is 0 Å². The van der Waals surface area contributed by atoms with Crippen LogP contribution in [0.1, 0.15) is 11.6 Å². The molecule has 2 rings (SSSR count). The second-order valence-electron chi connectivity index (χ2n) is 3.78. The Balaban J connectivity index is 2.17. The molecule has 0 saturated heterocycles. The highest BCUT2D eigenvalue weighted by Crippen LogP contribution is 2.20. The summed E-state index contributed by atoms with van der Waals surface area (Å²) < 4.78 is 12.9. The molecule has 0 amide bonds. The first kappa shape index (κ1) is 12.8. The molecule has 0 aliphatic heterocycles. The fraction of sp³-hybridized carbons (Fsp3) is 0.154. The maximum absolute atomic E-state index is 12.9. The molecule has 0 aliphatic carbocycles. The Labute approximate surface area is 109 Å². The van der Waals surface area contributed by atoms with Gasteiger partial charge in [-0.25, -0.2) is 4.98 Å². The van der Waals surface area contributed by atoms with E-state index in [1.807, 2.05) is 0 Å². The van der Waals surface area contributed by atoms with Gasteiger partial charge < -0.3 is 10.4 Å². The zero-order valence-corrected chi connectivity index (χ0v) is 10.2. The maximum Gasteiger partial charge on any atom is 0.214 e. The molecule has 3 nitrogen and oxygen atoms in total. The molecule has 94 valence electrons. The van der Waals surface area contributed by atoms with Crippen LogP contribution in [0, 0.1) is 5.95 Å². The molecule has 2 aromatic rings. The van der Waals surface area contributed by atoms with Gasteiger partial charge in [0, 0.05) is 5.02 Å². The van der Waals surface area contributed by atoms with Gasteiger partial charge in [-0.2, -0.15) is 4.39 Å². The second-order valence-corrected chi connectivity index (χ2v) is 4.21. The third-order valence-corrected chi connectivity index (χ3v) is 2.74. The van der Waals surface area contributed by atoms with Crippen LogP contribution in [0.25, 0.3) is 0 Å². The first-order chi connectivity index (χ1) is 8.69. The first-order valence-electron chi connectivity index (χ1n) is 5.44. The average Bonchev–Trinajstić information content (AvgIpc) is 2.37. The number of halogens is 2. The van der Waals surface area contributed by atoms with Crippen LogP contribution in [0.3, 0.4) is 0 Å². The summed E-state index contributed by atoms with van der Waals surface area (Å²) >= 11 is 5.80. The number of nitrogens with one attached hydrogen (secondary N) is 1. The van der Waals surface area contributed by atoms with Crippen molar-refractivity contribution in [1.82, 2.24) is 4.98 Å². The Morgan fingerprint density at radius 2 is 1.94 bits per heavy atom. The molecule has 2 N–H and O–H groups in total. The van der Waals surface area contributed by atoms with E-state index >= 15 is 0 Å². The summed E-state index contributed by atoms with van der Waals surface area (Å²) in [6.07, 6.45) is 0. The standard InChI is InChI=1S/C13H12ClFN2O/c14-10-6-4-9(5-7-10)11(8-18)16-13-3-1-2-12(15)17-13/h1-7,11,18H,8H2,(H,16,17). The van der Waals surface area contributed by atoms with Crippen molar-refractivity contribution >= 4 is 17.4 Å². The van der Waals surface area contributed by atoms with Gasteiger partial charge in [-0.15, -0.1) is 0 Å². The summed E-state index contributed by atoms with van der Waals surface area (Å²) in [5.41, 5.74) is 0.855. The Kier molecular flexibility index (Phi) is 4.12. The normalized spacial score (nSPS) is 12.2. The summed E-state index contributed by atoms with van der Waals surface area (Å²) in [6.45, 7) is -0.125. The second kappa shape index (κ2) is 5.80. The van der Waals surface area contributed by atoms with Crippen molar-refractivity contribution in [2.75, 3.05) is 11.9 Å². The van der Waals surface area contributed by atoms with Gasteiger partial charge in [0.25, 0.3) is 0 Å². The van der Waals surface area contributed by atoms with Gasteiger partial charge in [0.05, 0.1) is 12.6 Å². The topological polar surface area (TPSA) is 45.1 Å². The Hall–Kier alpha value is -1.65. The molecular formula is C13H12ClFN2O. The third-order valence-electron chi connectivity index (χ3n) is 2.49. The van der Waals surface area contributed by atoms with E-state index in [0.717, 1.165) is 5.56 Å². The molecular weight excluding hydrogens is 255 g/mol. The average molecular weight is 267 g/mol. The molecule has 18 heavy (non-hydrogen) atoms. The number of pyridine rings is 1. The third kappa shape index (κ3) is 3.18. The largest absolute Gasteiger partial charge is 0.394 e.